The van der Waals surface area contributed by atoms with Gasteiger partial charge in [-0.3, -0.25) is 0 Å². The molecule has 0 bridgehead atoms. The Labute approximate surface area is 187 Å². The number of hydrogen-bond donors (Lipinski definition) is 2. The predicted molar refractivity (Wildman–Crippen MR) is 116 cm³/mol. The molecule has 1 atom stereocenters. The van der Waals surface area contributed by atoms with Gasteiger partial charge in [-0.05, 0) is 46.9 Å². The third-order valence-corrected chi connectivity index (χ3v) is 6.48. The first-order valence-electron chi connectivity index (χ1n) is 10.0. The van der Waals surface area contributed by atoms with Gasteiger partial charge in [-0.25, -0.2) is 0 Å². The van der Waals surface area contributed by atoms with Crippen LogP contribution in [-0.2, 0) is 6.54 Å². The fraction of sp³-hybridized carbons (Fsp3) is 0.391. The largest absolute Gasteiger partial charge is 0.404 e. The van der Waals surface area contributed by atoms with Gasteiger partial charge in [0, 0.05) is 28.6 Å². The van der Waals surface area contributed by atoms with E-state index in [4.69, 9.17) is 0 Å². The molecular weight excluding hydrogens is 450 g/mol. The molecule has 2 N–H and O–H groups in total. The van der Waals surface area contributed by atoms with E-state index in [0.717, 1.165) is 29.0 Å². The van der Waals surface area contributed by atoms with E-state index >= 15 is 0 Å². The minimum absolute atomic E-state index is 0.216. The van der Waals surface area contributed by atoms with Gasteiger partial charge in [0.05, 0.1) is 6.04 Å². The van der Waals surface area contributed by atoms with Crippen molar-refractivity contribution in [3.05, 3.63) is 71.4 Å². The Kier molecular flexibility index (Phi) is 7.19. The van der Waals surface area contributed by atoms with Gasteiger partial charge in [0.2, 0.25) is 0 Å². The Balaban J connectivity index is 1.70. The highest BCUT2D eigenvalue weighted by molar-refractivity contribution is 7.99. The Hall–Kier alpha value is -2.13. The van der Waals surface area contributed by atoms with Crippen molar-refractivity contribution in [2.45, 2.75) is 49.6 Å². The third-order valence-electron chi connectivity index (χ3n) is 5.06. The van der Waals surface area contributed by atoms with Gasteiger partial charge in [-0.2, -0.15) is 26.3 Å². The molecule has 1 heterocycles. The number of nitrogens with one attached hydrogen (secondary N) is 2. The number of thioether (sulfide) groups is 1. The smallest absolute Gasteiger partial charge is 0.358 e. The van der Waals surface area contributed by atoms with E-state index in [9.17, 15) is 26.3 Å². The van der Waals surface area contributed by atoms with E-state index in [1.807, 2.05) is 12.1 Å². The molecule has 0 aliphatic carbocycles. The first kappa shape index (κ1) is 24.5. The van der Waals surface area contributed by atoms with Crippen molar-refractivity contribution < 1.29 is 26.3 Å². The fourth-order valence-electron chi connectivity index (χ4n) is 3.58. The second-order valence-corrected chi connectivity index (χ2v) is 9.26. The quantitative estimate of drug-likeness (QED) is 0.323. The summed E-state index contributed by atoms with van der Waals surface area (Å²) in [4.78, 5) is 1.18. The third kappa shape index (κ3) is 5.81. The summed E-state index contributed by atoms with van der Waals surface area (Å²) in [6.45, 7) is 8.98. The highest BCUT2D eigenvalue weighted by Gasteiger charge is 2.57. The van der Waals surface area contributed by atoms with Crippen LogP contribution in [0.3, 0.4) is 0 Å². The maximum atomic E-state index is 12.9. The van der Waals surface area contributed by atoms with Crippen LogP contribution < -0.4 is 10.6 Å². The number of rotatable bonds is 7. The molecule has 0 spiro atoms. The van der Waals surface area contributed by atoms with E-state index in [-0.39, 0.29) is 6.04 Å². The van der Waals surface area contributed by atoms with Gasteiger partial charge in [-0.15, -0.1) is 11.8 Å². The van der Waals surface area contributed by atoms with Crippen LogP contribution in [0.5, 0.6) is 0 Å². The van der Waals surface area contributed by atoms with Crippen LogP contribution >= 0.6 is 11.8 Å². The maximum absolute atomic E-state index is 12.9. The van der Waals surface area contributed by atoms with Crippen molar-refractivity contribution in [1.29, 1.82) is 0 Å². The summed E-state index contributed by atoms with van der Waals surface area (Å²) in [6, 6.07) is 10.1. The molecule has 0 aromatic heterocycles. The molecule has 0 saturated heterocycles. The molecule has 3 rings (SSSR count). The van der Waals surface area contributed by atoms with Gasteiger partial charge in [0.15, 0.2) is 5.92 Å². The summed E-state index contributed by atoms with van der Waals surface area (Å²) < 4.78 is 77.5. The standard InChI is InChI=1S/C23H24F6N2S/c1-13(2)12-32-18-8-9-19-16(10-18)11-30-20(19)14(3)31-17-6-4-15(5-7-17)21(22(24,25)26)23(27,28)29/h4-10,13,20-21,30-31H,3,11-12H2,1-2H3. The normalized spacial score (nSPS) is 16.5. The average Bonchev–Trinajstić information content (AvgIpc) is 3.09. The summed E-state index contributed by atoms with van der Waals surface area (Å²) in [5.41, 5.74) is 2.25. The topological polar surface area (TPSA) is 24.1 Å². The van der Waals surface area contributed by atoms with Crippen molar-refractivity contribution in [1.82, 2.24) is 5.32 Å². The molecule has 0 amide bonds. The molecule has 1 aliphatic rings. The fourth-order valence-corrected chi connectivity index (χ4v) is 4.50. The molecule has 9 heteroatoms. The van der Waals surface area contributed by atoms with Crippen molar-refractivity contribution in [2.24, 2.45) is 5.92 Å². The van der Waals surface area contributed by atoms with E-state index in [1.54, 1.807) is 11.8 Å². The summed E-state index contributed by atoms with van der Waals surface area (Å²) >= 11 is 1.79. The summed E-state index contributed by atoms with van der Waals surface area (Å²) in [7, 11) is 0. The minimum Gasteiger partial charge on any atom is -0.358 e. The van der Waals surface area contributed by atoms with Gasteiger partial charge in [-0.1, -0.05) is 38.6 Å². The van der Waals surface area contributed by atoms with Crippen LogP contribution in [0.1, 0.15) is 42.5 Å². The number of hydrogen-bond acceptors (Lipinski definition) is 3. The zero-order valence-corrected chi connectivity index (χ0v) is 18.4. The van der Waals surface area contributed by atoms with Gasteiger partial charge >= 0.3 is 12.4 Å². The van der Waals surface area contributed by atoms with Crippen molar-refractivity contribution in [3.63, 3.8) is 0 Å². The van der Waals surface area contributed by atoms with E-state index in [2.05, 4.69) is 37.1 Å². The number of alkyl halides is 6. The summed E-state index contributed by atoms with van der Waals surface area (Å²) in [5.74, 6) is -1.92. The summed E-state index contributed by atoms with van der Waals surface area (Å²) in [5, 5.41) is 6.33. The summed E-state index contributed by atoms with van der Waals surface area (Å²) in [6.07, 6.45) is -10.8. The number of halogens is 6. The lowest BCUT2D eigenvalue weighted by atomic mass is 9.97. The van der Waals surface area contributed by atoms with Crippen molar-refractivity contribution in [2.75, 3.05) is 11.1 Å². The number of benzene rings is 2. The van der Waals surface area contributed by atoms with Gasteiger partial charge in [0.25, 0.3) is 0 Å². The van der Waals surface area contributed by atoms with Crippen LogP contribution in [0.15, 0.2) is 59.6 Å². The number of anilines is 1. The van der Waals surface area contributed by atoms with E-state index < -0.39 is 23.8 Å². The Bertz CT molecular complexity index is 936. The van der Waals surface area contributed by atoms with Crippen LogP contribution in [0, 0.1) is 5.92 Å². The SMILES string of the molecule is C=C(Nc1ccc(C(C(F)(F)F)C(F)(F)F)cc1)C1NCc2cc(SCC(C)C)ccc21. The molecule has 174 valence electrons. The number of fused-ring (bicyclic) bond motifs is 1. The molecule has 2 aromatic carbocycles. The lowest BCUT2D eigenvalue weighted by molar-refractivity contribution is -0.253. The molecule has 0 fully saturated rings. The molecule has 0 radical (unpaired) electrons. The van der Waals surface area contributed by atoms with E-state index in [0.29, 0.717) is 23.8 Å². The van der Waals surface area contributed by atoms with Crippen LogP contribution in [0.2, 0.25) is 0 Å². The van der Waals surface area contributed by atoms with Crippen LogP contribution in [0.25, 0.3) is 0 Å². The van der Waals surface area contributed by atoms with Gasteiger partial charge in [0.1, 0.15) is 0 Å². The van der Waals surface area contributed by atoms with Crippen LogP contribution in [0.4, 0.5) is 32.0 Å². The predicted octanol–water partition coefficient (Wildman–Crippen LogP) is 7.41. The zero-order chi connectivity index (χ0) is 23.7. The monoisotopic (exact) mass is 474 g/mol. The highest BCUT2D eigenvalue weighted by Crippen LogP contribution is 2.46. The molecule has 2 aromatic rings. The maximum Gasteiger partial charge on any atom is 0.404 e. The lowest BCUT2D eigenvalue weighted by Gasteiger charge is -2.24. The van der Waals surface area contributed by atoms with Gasteiger partial charge < -0.3 is 10.6 Å². The molecule has 0 saturated carbocycles. The molecule has 2 nitrogen and oxygen atoms in total. The first-order chi connectivity index (χ1) is 14.9. The lowest BCUT2D eigenvalue weighted by Crippen LogP contribution is -2.34. The van der Waals surface area contributed by atoms with E-state index in [1.165, 1.54) is 17.0 Å². The Morgan fingerprint density at radius 1 is 1.06 bits per heavy atom. The zero-order valence-electron chi connectivity index (χ0n) is 17.6. The average molecular weight is 475 g/mol. The minimum atomic E-state index is -5.42. The van der Waals surface area contributed by atoms with Crippen LogP contribution in [-0.4, -0.2) is 18.1 Å². The second kappa shape index (κ2) is 9.39. The molecular formula is C23H24F6N2S. The molecule has 32 heavy (non-hydrogen) atoms. The van der Waals surface area contributed by atoms with Crippen molar-refractivity contribution >= 4 is 17.4 Å². The Morgan fingerprint density at radius 3 is 2.25 bits per heavy atom. The Morgan fingerprint density at radius 2 is 1.69 bits per heavy atom. The molecule has 1 unspecified atom stereocenters. The molecule has 1 aliphatic heterocycles. The first-order valence-corrected chi connectivity index (χ1v) is 11.0. The second-order valence-electron chi connectivity index (χ2n) is 8.17. The van der Waals surface area contributed by atoms with Crippen molar-refractivity contribution in [3.8, 4) is 0 Å². The highest BCUT2D eigenvalue weighted by atomic mass is 32.2.